The van der Waals surface area contributed by atoms with Crippen molar-refractivity contribution in [3.8, 4) is 0 Å². The summed E-state index contributed by atoms with van der Waals surface area (Å²) in [5.74, 6) is -2.84. The van der Waals surface area contributed by atoms with Crippen LogP contribution in [0.5, 0.6) is 0 Å². The van der Waals surface area contributed by atoms with Gasteiger partial charge in [0.15, 0.2) is 0 Å². The summed E-state index contributed by atoms with van der Waals surface area (Å²) in [5, 5.41) is 25.4. The second kappa shape index (κ2) is 9.75. The number of primary amides is 1. The molecule has 0 fully saturated rings. The monoisotopic (exact) mass is 288 g/mol. The molecule has 0 aromatic carbocycles. The van der Waals surface area contributed by atoms with Crippen molar-refractivity contribution in [2.75, 3.05) is 26.2 Å². The molecule has 9 nitrogen and oxygen atoms in total. The summed E-state index contributed by atoms with van der Waals surface area (Å²) in [6.07, 6.45) is -0.325. The van der Waals surface area contributed by atoms with E-state index in [1.54, 1.807) is 0 Å². The highest BCUT2D eigenvalue weighted by atomic mass is 16.4. The fourth-order valence-electron chi connectivity index (χ4n) is 1.31. The van der Waals surface area contributed by atoms with Crippen LogP contribution in [0.4, 0.5) is 0 Å². The molecule has 0 rings (SSSR count). The van der Waals surface area contributed by atoms with Gasteiger partial charge in [-0.3, -0.25) is 9.59 Å². The van der Waals surface area contributed by atoms with Crippen molar-refractivity contribution in [3.05, 3.63) is 12.3 Å². The second-order valence-corrected chi connectivity index (χ2v) is 4.06. The molecule has 0 radical (unpaired) electrons. The largest absolute Gasteiger partial charge is 0.480 e. The van der Waals surface area contributed by atoms with E-state index in [9.17, 15) is 14.4 Å². The van der Waals surface area contributed by atoms with Gasteiger partial charge in [-0.15, -0.1) is 0 Å². The maximum absolute atomic E-state index is 10.9. The lowest BCUT2D eigenvalue weighted by molar-refractivity contribution is -0.141. The molecule has 114 valence electrons. The van der Waals surface area contributed by atoms with Gasteiger partial charge in [0.25, 0.3) is 0 Å². The molecule has 0 aromatic rings. The summed E-state index contributed by atoms with van der Waals surface area (Å²) in [5.41, 5.74) is 5.34. The third-order valence-electron chi connectivity index (χ3n) is 2.17. The number of hydrogen-bond acceptors (Lipinski definition) is 6. The Kier molecular flexibility index (Phi) is 8.72. The first-order chi connectivity index (χ1) is 9.32. The summed E-state index contributed by atoms with van der Waals surface area (Å²) >= 11 is 0. The first-order valence-corrected chi connectivity index (χ1v) is 5.91. The molecule has 7 N–H and O–H groups in total. The normalized spacial score (nSPS) is 11.6. The summed E-state index contributed by atoms with van der Waals surface area (Å²) in [4.78, 5) is 31.8. The molecule has 0 aliphatic carbocycles. The van der Waals surface area contributed by atoms with E-state index in [1.807, 2.05) is 0 Å². The Balaban J connectivity index is 3.82. The first kappa shape index (κ1) is 17.9. The predicted octanol–water partition coefficient (Wildman–Crippen LogP) is -2.32. The third-order valence-corrected chi connectivity index (χ3v) is 2.17. The molecule has 0 aromatic heterocycles. The van der Waals surface area contributed by atoms with Gasteiger partial charge in [0.05, 0.1) is 13.0 Å². The van der Waals surface area contributed by atoms with Gasteiger partial charge >= 0.3 is 11.9 Å². The van der Waals surface area contributed by atoms with Crippen LogP contribution in [0.15, 0.2) is 12.3 Å². The van der Waals surface area contributed by atoms with Crippen molar-refractivity contribution < 1.29 is 24.6 Å². The molecule has 0 spiro atoms. The number of rotatable bonds is 12. The Morgan fingerprint density at radius 2 is 1.65 bits per heavy atom. The van der Waals surface area contributed by atoms with Gasteiger partial charge in [-0.25, -0.2) is 4.79 Å². The molecule has 0 aliphatic rings. The average molecular weight is 288 g/mol. The van der Waals surface area contributed by atoms with E-state index in [2.05, 4.69) is 22.5 Å². The number of carboxylic acids is 2. The number of aliphatic carboxylic acids is 2. The molecule has 1 unspecified atom stereocenters. The van der Waals surface area contributed by atoms with E-state index in [1.165, 1.54) is 0 Å². The number of carbonyl (C=O) groups excluding carboxylic acids is 1. The van der Waals surface area contributed by atoms with E-state index in [0.29, 0.717) is 18.8 Å². The summed E-state index contributed by atoms with van der Waals surface area (Å²) < 4.78 is 0. The number of carbonyl (C=O) groups is 3. The van der Waals surface area contributed by atoms with Gasteiger partial charge in [0.2, 0.25) is 5.91 Å². The molecule has 0 saturated heterocycles. The fraction of sp³-hybridized carbons (Fsp3) is 0.545. The zero-order chi connectivity index (χ0) is 15.5. The van der Waals surface area contributed by atoms with Gasteiger partial charge < -0.3 is 31.9 Å². The van der Waals surface area contributed by atoms with E-state index in [0.717, 1.165) is 0 Å². The quantitative estimate of drug-likeness (QED) is 0.219. The molecule has 0 aliphatic heterocycles. The molecular formula is C11H20N4O5. The SMILES string of the molecule is C=C(CNCCNCC(=O)O)NC(CC(N)=O)C(=O)O. The highest BCUT2D eigenvalue weighted by molar-refractivity contribution is 5.83. The minimum absolute atomic E-state index is 0.124. The van der Waals surface area contributed by atoms with Crippen molar-refractivity contribution in [1.29, 1.82) is 0 Å². The van der Waals surface area contributed by atoms with Gasteiger partial charge in [-0.1, -0.05) is 6.58 Å². The highest BCUT2D eigenvalue weighted by Crippen LogP contribution is 1.95. The molecule has 1 amide bonds. The van der Waals surface area contributed by atoms with Crippen LogP contribution in [0.2, 0.25) is 0 Å². The van der Waals surface area contributed by atoms with E-state index in [-0.39, 0.29) is 19.5 Å². The zero-order valence-corrected chi connectivity index (χ0v) is 11.0. The van der Waals surface area contributed by atoms with Crippen LogP contribution in [0.25, 0.3) is 0 Å². The molecule has 0 saturated carbocycles. The highest BCUT2D eigenvalue weighted by Gasteiger charge is 2.19. The average Bonchev–Trinajstić information content (AvgIpc) is 2.31. The topological polar surface area (TPSA) is 154 Å². The van der Waals surface area contributed by atoms with Crippen LogP contribution in [0.3, 0.4) is 0 Å². The molecule has 20 heavy (non-hydrogen) atoms. The molecule has 9 heteroatoms. The fourth-order valence-corrected chi connectivity index (χ4v) is 1.31. The minimum atomic E-state index is -1.19. The van der Waals surface area contributed by atoms with Gasteiger partial charge in [0, 0.05) is 25.3 Å². The van der Waals surface area contributed by atoms with Crippen LogP contribution in [0.1, 0.15) is 6.42 Å². The minimum Gasteiger partial charge on any atom is -0.480 e. The van der Waals surface area contributed by atoms with Crippen molar-refractivity contribution in [2.24, 2.45) is 5.73 Å². The number of amides is 1. The van der Waals surface area contributed by atoms with Crippen LogP contribution < -0.4 is 21.7 Å². The maximum atomic E-state index is 10.9. The van der Waals surface area contributed by atoms with Crippen molar-refractivity contribution in [1.82, 2.24) is 16.0 Å². The Labute approximate surface area is 116 Å². The van der Waals surface area contributed by atoms with Crippen molar-refractivity contribution in [3.63, 3.8) is 0 Å². The van der Waals surface area contributed by atoms with Crippen LogP contribution in [0, 0.1) is 0 Å². The number of nitrogens with one attached hydrogen (secondary N) is 3. The van der Waals surface area contributed by atoms with Crippen LogP contribution in [-0.2, 0) is 14.4 Å². The summed E-state index contributed by atoms with van der Waals surface area (Å²) in [7, 11) is 0. The van der Waals surface area contributed by atoms with E-state index in [4.69, 9.17) is 15.9 Å². The molecule has 0 bridgehead atoms. The second-order valence-electron chi connectivity index (χ2n) is 4.06. The number of carboxylic acid groups (broad SMARTS) is 2. The van der Waals surface area contributed by atoms with Crippen molar-refractivity contribution >= 4 is 17.8 Å². The maximum Gasteiger partial charge on any atom is 0.326 e. The van der Waals surface area contributed by atoms with Gasteiger partial charge in [0.1, 0.15) is 6.04 Å². The zero-order valence-electron chi connectivity index (χ0n) is 11.0. The lowest BCUT2D eigenvalue weighted by Gasteiger charge is -2.16. The van der Waals surface area contributed by atoms with Crippen molar-refractivity contribution in [2.45, 2.75) is 12.5 Å². The van der Waals surface area contributed by atoms with Crippen LogP contribution in [-0.4, -0.2) is 60.3 Å². The lowest BCUT2D eigenvalue weighted by atomic mass is 10.2. The Hall–Kier alpha value is -2.13. The van der Waals surface area contributed by atoms with Crippen LogP contribution >= 0.6 is 0 Å². The molecule has 0 heterocycles. The Morgan fingerprint density at radius 1 is 1.10 bits per heavy atom. The third kappa shape index (κ3) is 9.85. The molecular weight excluding hydrogens is 268 g/mol. The van der Waals surface area contributed by atoms with Gasteiger partial charge in [-0.05, 0) is 0 Å². The predicted molar refractivity (Wildman–Crippen MR) is 70.9 cm³/mol. The van der Waals surface area contributed by atoms with Gasteiger partial charge in [-0.2, -0.15) is 0 Å². The van der Waals surface area contributed by atoms with E-state index >= 15 is 0 Å². The number of nitrogens with two attached hydrogens (primary N) is 1. The lowest BCUT2D eigenvalue weighted by Crippen LogP contribution is -2.41. The summed E-state index contributed by atoms with van der Waals surface area (Å²) in [6, 6.07) is -1.10. The Morgan fingerprint density at radius 3 is 2.10 bits per heavy atom. The standard InChI is InChI=1S/C11H20N4O5/c1-7(5-13-2-3-14-6-10(17)18)15-8(11(19)20)4-9(12)16/h8,13-15H,1-6H2,(H2,12,16)(H,17,18)(H,19,20). The molecule has 1 atom stereocenters. The summed E-state index contributed by atoms with van der Waals surface area (Å²) in [6.45, 7) is 4.73. The smallest absolute Gasteiger partial charge is 0.326 e. The number of hydrogen-bond donors (Lipinski definition) is 6. The van der Waals surface area contributed by atoms with E-state index < -0.39 is 23.9 Å². The first-order valence-electron chi connectivity index (χ1n) is 5.91. The Bertz CT molecular complexity index is 372.